The van der Waals surface area contributed by atoms with Gasteiger partial charge in [0, 0.05) is 5.56 Å². The normalized spacial score (nSPS) is 11.4. The summed E-state index contributed by atoms with van der Waals surface area (Å²) < 4.78 is 28.6. The first kappa shape index (κ1) is 20.2. The lowest BCUT2D eigenvalue weighted by atomic mass is 10.1. The molecule has 0 saturated carbocycles. The number of methoxy groups -OCH3 is 2. The van der Waals surface area contributed by atoms with Crippen LogP contribution in [0.1, 0.15) is 24.1 Å². The molecule has 2 rings (SSSR count). The molecule has 0 saturated heterocycles. The third kappa shape index (κ3) is 5.99. The summed E-state index contributed by atoms with van der Waals surface area (Å²) in [7, 11) is 3.08. The Kier molecular flexibility index (Phi) is 7.16. The number of rotatable bonds is 8. The van der Waals surface area contributed by atoms with Crippen molar-refractivity contribution in [2.24, 2.45) is 0 Å². The first-order chi connectivity index (χ1) is 12.9. The highest BCUT2D eigenvalue weighted by atomic mass is 19.1. The van der Waals surface area contributed by atoms with E-state index < -0.39 is 24.3 Å². The van der Waals surface area contributed by atoms with Gasteiger partial charge >= 0.3 is 5.97 Å². The molecule has 7 heteroatoms. The van der Waals surface area contributed by atoms with Gasteiger partial charge in [0.25, 0.3) is 5.91 Å². The fourth-order valence-corrected chi connectivity index (χ4v) is 2.55. The van der Waals surface area contributed by atoms with Gasteiger partial charge in [0.2, 0.25) is 0 Å². The van der Waals surface area contributed by atoms with E-state index in [9.17, 15) is 14.0 Å². The zero-order valence-corrected chi connectivity index (χ0v) is 15.5. The van der Waals surface area contributed by atoms with E-state index in [1.54, 1.807) is 38.3 Å². The van der Waals surface area contributed by atoms with Crippen LogP contribution < -0.4 is 14.8 Å². The maximum Gasteiger partial charge on any atom is 0.310 e. The van der Waals surface area contributed by atoms with Crippen molar-refractivity contribution >= 4 is 11.9 Å². The smallest absolute Gasteiger partial charge is 0.310 e. The zero-order chi connectivity index (χ0) is 19.8. The van der Waals surface area contributed by atoms with E-state index in [4.69, 9.17) is 14.2 Å². The van der Waals surface area contributed by atoms with E-state index in [1.165, 1.54) is 25.3 Å². The number of nitrogens with one attached hydrogen (secondary N) is 1. The van der Waals surface area contributed by atoms with Crippen molar-refractivity contribution in [1.29, 1.82) is 0 Å². The van der Waals surface area contributed by atoms with Gasteiger partial charge in [-0.25, -0.2) is 4.39 Å². The van der Waals surface area contributed by atoms with Gasteiger partial charge in [-0.1, -0.05) is 12.1 Å². The van der Waals surface area contributed by atoms with Crippen LogP contribution in [-0.2, 0) is 20.7 Å². The van der Waals surface area contributed by atoms with E-state index in [1.807, 2.05) is 0 Å². The number of ether oxygens (including phenoxy) is 3. The van der Waals surface area contributed by atoms with E-state index in [-0.39, 0.29) is 12.5 Å². The maximum atomic E-state index is 13.1. The molecule has 2 aromatic carbocycles. The fourth-order valence-electron chi connectivity index (χ4n) is 2.55. The molecule has 144 valence electrons. The van der Waals surface area contributed by atoms with Crippen LogP contribution in [0.4, 0.5) is 4.39 Å². The number of esters is 1. The average molecular weight is 375 g/mol. The molecule has 0 aliphatic carbocycles. The van der Waals surface area contributed by atoms with Crippen LogP contribution in [0.15, 0.2) is 42.5 Å². The highest BCUT2D eigenvalue weighted by molar-refractivity contribution is 5.81. The van der Waals surface area contributed by atoms with Gasteiger partial charge in [0.05, 0.1) is 26.7 Å². The summed E-state index contributed by atoms with van der Waals surface area (Å²) in [5.74, 6) is -0.262. The molecule has 1 unspecified atom stereocenters. The average Bonchev–Trinajstić information content (AvgIpc) is 2.65. The first-order valence-corrected chi connectivity index (χ1v) is 8.34. The first-order valence-electron chi connectivity index (χ1n) is 8.34. The van der Waals surface area contributed by atoms with Crippen molar-refractivity contribution in [1.82, 2.24) is 5.32 Å². The van der Waals surface area contributed by atoms with Gasteiger partial charge in [0.15, 0.2) is 6.61 Å². The Morgan fingerprint density at radius 3 is 2.56 bits per heavy atom. The van der Waals surface area contributed by atoms with Crippen molar-refractivity contribution in [2.75, 3.05) is 20.8 Å². The summed E-state index contributed by atoms with van der Waals surface area (Å²) in [5.41, 5.74) is 1.21. The molecule has 2 aromatic rings. The third-order valence-corrected chi connectivity index (χ3v) is 3.88. The summed E-state index contributed by atoms with van der Waals surface area (Å²) in [6, 6.07) is 10.5. The van der Waals surface area contributed by atoms with Crippen LogP contribution in [0.25, 0.3) is 0 Å². The molecule has 27 heavy (non-hydrogen) atoms. The Bertz CT molecular complexity index is 809. The maximum absolute atomic E-state index is 13.1. The summed E-state index contributed by atoms with van der Waals surface area (Å²) >= 11 is 0. The van der Waals surface area contributed by atoms with Crippen molar-refractivity contribution in [2.45, 2.75) is 19.4 Å². The third-order valence-electron chi connectivity index (χ3n) is 3.88. The van der Waals surface area contributed by atoms with Gasteiger partial charge in [0.1, 0.15) is 17.3 Å². The Labute approximate surface area is 157 Å². The van der Waals surface area contributed by atoms with Gasteiger partial charge in [-0.2, -0.15) is 0 Å². The quantitative estimate of drug-likeness (QED) is 0.718. The van der Waals surface area contributed by atoms with Crippen molar-refractivity contribution in [3.63, 3.8) is 0 Å². The molecule has 0 spiro atoms. The molecule has 0 fully saturated rings. The molecule has 0 heterocycles. The van der Waals surface area contributed by atoms with Crippen molar-refractivity contribution < 1.29 is 28.2 Å². The Morgan fingerprint density at radius 1 is 1.11 bits per heavy atom. The standard InChI is InChI=1S/C20H22FNO5/c1-13(17-11-16(25-2)7-8-18(17)26-3)22-19(23)12-27-20(24)10-14-5-4-6-15(21)9-14/h4-9,11,13H,10,12H2,1-3H3,(H,22,23). The second kappa shape index (κ2) is 9.56. The minimum absolute atomic E-state index is 0.107. The molecule has 0 aromatic heterocycles. The molecular formula is C20H22FNO5. The Balaban J connectivity index is 1.89. The van der Waals surface area contributed by atoms with Crippen LogP contribution in [0.3, 0.4) is 0 Å². The molecule has 0 aliphatic heterocycles. The molecule has 0 radical (unpaired) electrons. The lowest BCUT2D eigenvalue weighted by Gasteiger charge is -2.18. The van der Waals surface area contributed by atoms with E-state index in [0.717, 1.165) is 5.56 Å². The Hall–Kier alpha value is -3.09. The highest BCUT2D eigenvalue weighted by Gasteiger charge is 2.16. The zero-order valence-electron chi connectivity index (χ0n) is 15.5. The summed E-state index contributed by atoms with van der Waals surface area (Å²) in [6.45, 7) is 1.36. The molecule has 6 nitrogen and oxygen atoms in total. The molecule has 1 N–H and O–H groups in total. The number of hydrogen-bond acceptors (Lipinski definition) is 5. The summed E-state index contributed by atoms with van der Waals surface area (Å²) in [4.78, 5) is 23.9. The van der Waals surface area contributed by atoms with Gasteiger partial charge in [-0.3, -0.25) is 9.59 Å². The molecular weight excluding hydrogens is 353 g/mol. The second-order valence-corrected chi connectivity index (χ2v) is 5.86. The second-order valence-electron chi connectivity index (χ2n) is 5.86. The van der Waals surface area contributed by atoms with E-state index in [2.05, 4.69) is 5.32 Å². The minimum atomic E-state index is -0.609. The molecule has 0 bridgehead atoms. The molecule has 1 atom stereocenters. The molecule has 0 aliphatic rings. The summed E-state index contributed by atoms with van der Waals surface area (Å²) in [5, 5.41) is 2.74. The van der Waals surface area contributed by atoms with Gasteiger partial charge in [-0.05, 0) is 42.8 Å². The predicted octanol–water partition coefficient (Wildman–Crippen LogP) is 2.81. The van der Waals surface area contributed by atoms with Gasteiger partial charge < -0.3 is 19.5 Å². The number of benzene rings is 2. The van der Waals surface area contributed by atoms with Crippen LogP contribution in [0.5, 0.6) is 11.5 Å². The summed E-state index contributed by atoms with van der Waals surface area (Å²) in [6.07, 6.45) is -0.107. The highest BCUT2D eigenvalue weighted by Crippen LogP contribution is 2.29. The Morgan fingerprint density at radius 2 is 1.89 bits per heavy atom. The predicted molar refractivity (Wildman–Crippen MR) is 97.2 cm³/mol. The number of hydrogen-bond donors (Lipinski definition) is 1. The fraction of sp³-hybridized carbons (Fsp3) is 0.300. The van der Waals surface area contributed by atoms with Crippen molar-refractivity contribution in [3.8, 4) is 11.5 Å². The monoisotopic (exact) mass is 375 g/mol. The van der Waals surface area contributed by atoms with E-state index >= 15 is 0 Å². The lowest BCUT2D eigenvalue weighted by molar-refractivity contribution is -0.148. The van der Waals surface area contributed by atoms with Crippen LogP contribution in [-0.4, -0.2) is 32.7 Å². The van der Waals surface area contributed by atoms with Gasteiger partial charge in [-0.15, -0.1) is 0 Å². The largest absolute Gasteiger partial charge is 0.497 e. The van der Waals surface area contributed by atoms with Crippen molar-refractivity contribution in [3.05, 3.63) is 59.4 Å². The topological polar surface area (TPSA) is 73.9 Å². The number of carbonyl (C=O) groups is 2. The van der Waals surface area contributed by atoms with E-state index in [0.29, 0.717) is 17.1 Å². The SMILES string of the molecule is COc1ccc(OC)c(C(C)NC(=O)COC(=O)Cc2cccc(F)c2)c1. The van der Waals surface area contributed by atoms with Crippen LogP contribution in [0.2, 0.25) is 0 Å². The van der Waals surface area contributed by atoms with Crippen LogP contribution in [0, 0.1) is 5.82 Å². The molecule has 1 amide bonds. The number of carbonyl (C=O) groups excluding carboxylic acids is 2. The van der Waals surface area contributed by atoms with Crippen LogP contribution >= 0.6 is 0 Å². The number of halogens is 1. The number of amides is 1. The minimum Gasteiger partial charge on any atom is -0.497 e. The lowest BCUT2D eigenvalue weighted by Crippen LogP contribution is -2.31.